The molecule has 1 rings (SSSR count). The van der Waals surface area contributed by atoms with Crippen LogP contribution in [-0.4, -0.2) is 32.0 Å². The fourth-order valence-electron chi connectivity index (χ4n) is 1.32. The molecule has 1 atom stereocenters. The molecule has 0 amide bonds. The fourth-order valence-corrected chi connectivity index (χ4v) is 2.09. The van der Waals surface area contributed by atoms with Gasteiger partial charge in [-0.15, -0.1) is 0 Å². The van der Waals surface area contributed by atoms with Crippen molar-refractivity contribution in [1.29, 1.82) is 0 Å². The predicted octanol–water partition coefficient (Wildman–Crippen LogP) is 1.86. The normalized spacial score (nSPS) is 13.4. The van der Waals surface area contributed by atoms with E-state index in [1.807, 2.05) is 31.2 Å². The van der Waals surface area contributed by atoms with Gasteiger partial charge in [0.15, 0.2) is 0 Å². The van der Waals surface area contributed by atoms with E-state index in [1.165, 1.54) is 5.56 Å². The van der Waals surface area contributed by atoms with Crippen molar-refractivity contribution in [2.45, 2.75) is 38.0 Å². The average molecular weight is 228 g/mol. The van der Waals surface area contributed by atoms with Crippen LogP contribution in [0.4, 0.5) is 0 Å². The Bertz CT molecular complexity index is 286. The lowest BCUT2D eigenvalue weighted by Crippen LogP contribution is -2.12. The maximum absolute atomic E-state index is 9.72. The quantitative estimate of drug-likeness (QED) is 0.807. The molecule has 1 aromatic rings. The van der Waals surface area contributed by atoms with Gasteiger partial charge in [0.25, 0.3) is 0 Å². The summed E-state index contributed by atoms with van der Waals surface area (Å²) in [5.74, 6) is 0.831. The molecular formula is C11H20N2OS. The highest BCUT2D eigenvalue weighted by Crippen LogP contribution is 2.13. The number of aliphatic hydroxyl groups is 1. The van der Waals surface area contributed by atoms with Gasteiger partial charge in [-0.25, -0.2) is 0 Å². The second kappa shape index (κ2) is 6.18. The van der Waals surface area contributed by atoms with E-state index < -0.39 is 0 Å². The second-order valence-electron chi connectivity index (χ2n) is 4.10. The van der Waals surface area contributed by atoms with E-state index in [0.717, 1.165) is 18.6 Å². The van der Waals surface area contributed by atoms with E-state index in [9.17, 15) is 5.11 Å². The highest BCUT2D eigenvalue weighted by Gasteiger charge is 2.06. The molecule has 0 aliphatic heterocycles. The summed E-state index contributed by atoms with van der Waals surface area (Å²) in [6, 6.07) is 0. The van der Waals surface area contributed by atoms with Crippen LogP contribution in [0.15, 0.2) is 12.4 Å². The van der Waals surface area contributed by atoms with Gasteiger partial charge in [-0.2, -0.15) is 16.9 Å². The summed E-state index contributed by atoms with van der Waals surface area (Å²) in [6.45, 7) is 4.30. The van der Waals surface area contributed by atoms with E-state index in [1.54, 1.807) is 4.68 Å². The second-order valence-corrected chi connectivity index (χ2v) is 5.71. The van der Waals surface area contributed by atoms with E-state index in [4.69, 9.17) is 0 Å². The van der Waals surface area contributed by atoms with Crippen LogP contribution in [0.5, 0.6) is 0 Å². The summed E-state index contributed by atoms with van der Waals surface area (Å²) in [5, 5.41) is 14.4. The minimum Gasteiger partial charge on any atom is -0.392 e. The van der Waals surface area contributed by atoms with Crippen LogP contribution in [0.1, 0.15) is 25.8 Å². The molecule has 1 heterocycles. The predicted molar refractivity (Wildman–Crippen MR) is 65.1 cm³/mol. The lowest BCUT2D eigenvalue weighted by Gasteiger charge is -2.10. The zero-order valence-corrected chi connectivity index (χ0v) is 10.5. The molecule has 0 aliphatic rings. The van der Waals surface area contributed by atoms with Gasteiger partial charge in [-0.3, -0.25) is 4.68 Å². The molecule has 15 heavy (non-hydrogen) atoms. The standard InChI is InChI=1S/C11H20N2OS/c1-9(2)15-8-11(14)5-4-10-6-12-13(3)7-10/h6-7,9,11,14H,4-5,8H2,1-3H3. The Morgan fingerprint density at radius 3 is 2.80 bits per heavy atom. The van der Waals surface area contributed by atoms with Gasteiger partial charge >= 0.3 is 0 Å². The fraction of sp³-hybridized carbons (Fsp3) is 0.727. The lowest BCUT2D eigenvalue weighted by molar-refractivity contribution is 0.189. The highest BCUT2D eigenvalue weighted by molar-refractivity contribution is 7.99. The van der Waals surface area contributed by atoms with Gasteiger partial charge in [0.2, 0.25) is 0 Å². The molecule has 0 aromatic carbocycles. The molecular weight excluding hydrogens is 208 g/mol. The molecule has 0 saturated carbocycles. The van der Waals surface area contributed by atoms with Crippen molar-refractivity contribution in [1.82, 2.24) is 9.78 Å². The Morgan fingerprint density at radius 1 is 1.53 bits per heavy atom. The topological polar surface area (TPSA) is 38.1 Å². The molecule has 0 bridgehead atoms. The minimum absolute atomic E-state index is 0.197. The summed E-state index contributed by atoms with van der Waals surface area (Å²) in [4.78, 5) is 0. The minimum atomic E-state index is -0.197. The van der Waals surface area contributed by atoms with Crippen LogP contribution in [0, 0.1) is 0 Å². The first-order valence-electron chi connectivity index (χ1n) is 5.35. The first-order valence-corrected chi connectivity index (χ1v) is 6.40. The lowest BCUT2D eigenvalue weighted by atomic mass is 10.1. The Hall–Kier alpha value is -0.480. The van der Waals surface area contributed by atoms with Crippen molar-refractivity contribution in [3.05, 3.63) is 18.0 Å². The van der Waals surface area contributed by atoms with Crippen molar-refractivity contribution in [3.8, 4) is 0 Å². The van der Waals surface area contributed by atoms with Crippen molar-refractivity contribution >= 4 is 11.8 Å². The van der Waals surface area contributed by atoms with Gasteiger partial charge < -0.3 is 5.11 Å². The third-order valence-corrected chi connectivity index (χ3v) is 3.39. The SMILES string of the molecule is CC(C)SCC(O)CCc1cnn(C)c1. The number of nitrogens with zero attached hydrogens (tertiary/aromatic N) is 2. The zero-order valence-electron chi connectivity index (χ0n) is 9.68. The van der Waals surface area contributed by atoms with E-state index in [0.29, 0.717) is 5.25 Å². The highest BCUT2D eigenvalue weighted by atomic mass is 32.2. The van der Waals surface area contributed by atoms with Crippen LogP contribution in [0.25, 0.3) is 0 Å². The Kier molecular flexibility index (Phi) is 5.19. The van der Waals surface area contributed by atoms with Crippen LogP contribution in [0.2, 0.25) is 0 Å². The molecule has 0 saturated heterocycles. The Labute approximate surface area is 95.9 Å². The van der Waals surface area contributed by atoms with Crippen molar-refractivity contribution in [3.63, 3.8) is 0 Å². The average Bonchev–Trinajstić information content (AvgIpc) is 2.58. The van der Waals surface area contributed by atoms with Crippen molar-refractivity contribution < 1.29 is 5.11 Å². The summed E-state index contributed by atoms with van der Waals surface area (Å²) >= 11 is 1.81. The number of rotatable bonds is 6. The summed E-state index contributed by atoms with van der Waals surface area (Å²) in [6.07, 6.45) is 5.40. The molecule has 1 unspecified atom stereocenters. The van der Waals surface area contributed by atoms with Gasteiger partial charge in [0, 0.05) is 19.0 Å². The van der Waals surface area contributed by atoms with Crippen LogP contribution in [0.3, 0.4) is 0 Å². The number of aliphatic hydroxyl groups excluding tert-OH is 1. The van der Waals surface area contributed by atoms with Gasteiger partial charge in [-0.1, -0.05) is 13.8 Å². The molecule has 1 N–H and O–H groups in total. The summed E-state index contributed by atoms with van der Waals surface area (Å²) in [5.41, 5.74) is 1.20. The molecule has 3 nitrogen and oxygen atoms in total. The molecule has 4 heteroatoms. The summed E-state index contributed by atoms with van der Waals surface area (Å²) < 4.78 is 1.80. The third kappa shape index (κ3) is 5.23. The maximum atomic E-state index is 9.72. The van der Waals surface area contributed by atoms with E-state index in [-0.39, 0.29) is 6.10 Å². The summed E-state index contributed by atoms with van der Waals surface area (Å²) in [7, 11) is 1.91. The first kappa shape index (κ1) is 12.6. The molecule has 0 spiro atoms. The number of aryl methyl sites for hydroxylation is 2. The zero-order chi connectivity index (χ0) is 11.3. The smallest absolute Gasteiger partial charge is 0.0633 e. The maximum Gasteiger partial charge on any atom is 0.0633 e. The largest absolute Gasteiger partial charge is 0.392 e. The molecule has 0 aliphatic carbocycles. The van der Waals surface area contributed by atoms with Gasteiger partial charge in [0.05, 0.1) is 12.3 Å². The number of hydrogen-bond acceptors (Lipinski definition) is 3. The Morgan fingerprint density at radius 2 is 2.27 bits per heavy atom. The van der Waals surface area contributed by atoms with Crippen molar-refractivity contribution in [2.24, 2.45) is 7.05 Å². The van der Waals surface area contributed by atoms with Gasteiger partial charge in [0.1, 0.15) is 0 Å². The third-order valence-electron chi connectivity index (χ3n) is 2.15. The van der Waals surface area contributed by atoms with Crippen LogP contribution in [-0.2, 0) is 13.5 Å². The number of thioether (sulfide) groups is 1. The number of hydrogen-bond donors (Lipinski definition) is 1. The monoisotopic (exact) mass is 228 g/mol. The van der Waals surface area contributed by atoms with Gasteiger partial charge in [-0.05, 0) is 23.7 Å². The Balaban J connectivity index is 2.19. The van der Waals surface area contributed by atoms with Crippen molar-refractivity contribution in [2.75, 3.05) is 5.75 Å². The molecule has 0 radical (unpaired) electrons. The van der Waals surface area contributed by atoms with Crippen LogP contribution < -0.4 is 0 Å². The first-order chi connectivity index (χ1) is 7.08. The molecule has 1 aromatic heterocycles. The van der Waals surface area contributed by atoms with E-state index in [2.05, 4.69) is 18.9 Å². The molecule has 86 valence electrons. The van der Waals surface area contributed by atoms with E-state index >= 15 is 0 Å². The number of aromatic nitrogens is 2. The molecule has 0 fully saturated rings. The van der Waals surface area contributed by atoms with Crippen LogP contribution >= 0.6 is 11.8 Å².